The van der Waals surface area contributed by atoms with E-state index in [1.54, 1.807) is 4.57 Å². The SMILES string of the molecule is Cn1c(=O)sc2cc(CN3CCCC(N)C3)ccc21. The summed E-state index contributed by atoms with van der Waals surface area (Å²) in [6.45, 7) is 3.03. The molecule has 1 aliphatic rings. The third-order valence-electron chi connectivity index (χ3n) is 3.80. The first kappa shape index (κ1) is 12.8. The summed E-state index contributed by atoms with van der Waals surface area (Å²) in [5.41, 5.74) is 8.30. The lowest BCUT2D eigenvalue weighted by Crippen LogP contribution is -2.42. The van der Waals surface area contributed by atoms with E-state index in [1.165, 1.54) is 23.3 Å². The van der Waals surface area contributed by atoms with Crippen LogP contribution in [0, 0.1) is 0 Å². The number of hydrogen-bond donors (Lipinski definition) is 1. The number of hydrogen-bond acceptors (Lipinski definition) is 4. The number of likely N-dealkylation sites (tertiary alicyclic amines) is 1. The Morgan fingerprint density at radius 1 is 1.47 bits per heavy atom. The molecule has 4 nitrogen and oxygen atoms in total. The van der Waals surface area contributed by atoms with Crippen LogP contribution in [0.1, 0.15) is 18.4 Å². The number of fused-ring (bicyclic) bond motifs is 1. The zero-order chi connectivity index (χ0) is 13.4. The van der Waals surface area contributed by atoms with Crippen molar-refractivity contribution >= 4 is 21.6 Å². The average Bonchev–Trinajstić information content (AvgIpc) is 2.65. The maximum Gasteiger partial charge on any atom is 0.307 e. The van der Waals surface area contributed by atoms with Crippen LogP contribution >= 0.6 is 11.3 Å². The predicted octanol–water partition coefficient (Wildman–Crippen LogP) is 1.52. The Balaban J connectivity index is 1.83. The fraction of sp³-hybridized carbons (Fsp3) is 0.500. The minimum Gasteiger partial charge on any atom is -0.327 e. The number of piperidine rings is 1. The molecule has 0 aliphatic carbocycles. The van der Waals surface area contributed by atoms with Crippen LogP contribution in [0.25, 0.3) is 10.2 Å². The average molecular weight is 277 g/mol. The maximum atomic E-state index is 11.6. The predicted molar refractivity (Wildman–Crippen MR) is 79.6 cm³/mol. The number of benzene rings is 1. The van der Waals surface area contributed by atoms with Gasteiger partial charge in [0.15, 0.2) is 0 Å². The summed E-state index contributed by atoms with van der Waals surface area (Å²) in [6.07, 6.45) is 2.32. The second-order valence-electron chi connectivity index (χ2n) is 5.37. The minimum atomic E-state index is 0.104. The molecule has 1 aromatic heterocycles. The second-order valence-corrected chi connectivity index (χ2v) is 6.36. The molecule has 0 saturated carbocycles. The van der Waals surface area contributed by atoms with Gasteiger partial charge in [0.05, 0.1) is 10.2 Å². The lowest BCUT2D eigenvalue weighted by molar-refractivity contribution is 0.201. The van der Waals surface area contributed by atoms with E-state index in [0.29, 0.717) is 6.04 Å². The summed E-state index contributed by atoms with van der Waals surface area (Å²) < 4.78 is 2.78. The summed E-state index contributed by atoms with van der Waals surface area (Å²) >= 11 is 1.32. The van der Waals surface area contributed by atoms with Gasteiger partial charge < -0.3 is 10.3 Å². The Hall–Kier alpha value is -1.17. The van der Waals surface area contributed by atoms with Gasteiger partial charge in [-0.05, 0) is 37.1 Å². The largest absolute Gasteiger partial charge is 0.327 e. The van der Waals surface area contributed by atoms with Crippen LogP contribution in [0.2, 0.25) is 0 Å². The maximum absolute atomic E-state index is 11.6. The van der Waals surface area contributed by atoms with Crippen molar-refractivity contribution in [2.75, 3.05) is 13.1 Å². The Labute approximate surface area is 116 Å². The van der Waals surface area contributed by atoms with Crippen molar-refractivity contribution in [3.63, 3.8) is 0 Å². The van der Waals surface area contributed by atoms with E-state index in [1.807, 2.05) is 13.1 Å². The van der Waals surface area contributed by atoms with Crippen LogP contribution in [0.15, 0.2) is 23.0 Å². The molecule has 1 saturated heterocycles. The minimum absolute atomic E-state index is 0.104. The van der Waals surface area contributed by atoms with E-state index in [2.05, 4.69) is 17.0 Å². The molecule has 2 aromatic rings. The molecule has 0 radical (unpaired) electrons. The lowest BCUT2D eigenvalue weighted by Gasteiger charge is -2.30. The van der Waals surface area contributed by atoms with Gasteiger partial charge in [0.2, 0.25) is 0 Å². The first-order chi connectivity index (χ1) is 9.13. The zero-order valence-electron chi connectivity index (χ0n) is 11.1. The fourth-order valence-corrected chi connectivity index (χ4v) is 3.71. The van der Waals surface area contributed by atoms with E-state index in [-0.39, 0.29) is 4.87 Å². The molecule has 2 heterocycles. The van der Waals surface area contributed by atoms with Crippen LogP contribution in [0.4, 0.5) is 0 Å². The van der Waals surface area contributed by atoms with Gasteiger partial charge in [-0.15, -0.1) is 0 Å². The van der Waals surface area contributed by atoms with Crippen molar-refractivity contribution in [1.29, 1.82) is 0 Å². The van der Waals surface area contributed by atoms with Crippen LogP contribution in [-0.2, 0) is 13.6 Å². The molecule has 1 fully saturated rings. The van der Waals surface area contributed by atoms with E-state index in [0.717, 1.165) is 36.3 Å². The van der Waals surface area contributed by atoms with Crippen LogP contribution in [-0.4, -0.2) is 28.6 Å². The smallest absolute Gasteiger partial charge is 0.307 e. The highest BCUT2D eigenvalue weighted by molar-refractivity contribution is 7.16. The fourth-order valence-electron chi connectivity index (χ4n) is 2.77. The van der Waals surface area contributed by atoms with Crippen molar-refractivity contribution in [3.8, 4) is 0 Å². The summed E-state index contributed by atoms with van der Waals surface area (Å²) in [5.74, 6) is 0. The Morgan fingerprint density at radius 2 is 2.32 bits per heavy atom. The number of thiazole rings is 1. The number of aryl methyl sites for hydroxylation is 1. The van der Waals surface area contributed by atoms with Gasteiger partial charge in [0, 0.05) is 26.2 Å². The normalized spacial score (nSPS) is 21.1. The highest BCUT2D eigenvalue weighted by atomic mass is 32.1. The molecule has 102 valence electrons. The van der Waals surface area contributed by atoms with E-state index < -0.39 is 0 Å². The van der Waals surface area contributed by atoms with Gasteiger partial charge in [-0.1, -0.05) is 17.4 Å². The Morgan fingerprint density at radius 3 is 3.11 bits per heavy atom. The van der Waals surface area contributed by atoms with Crippen molar-refractivity contribution in [2.24, 2.45) is 12.8 Å². The van der Waals surface area contributed by atoms with Crippen molar-refractivity contribution in [1.82, 2.24) is 9.47 Å². The van der Waals surface area contributed by atoms with Crippen molar-refractivity contribution in [3.05, 3.63) is 33.4 Å². The number of nitrogens with two attached hydrogens (primary N) is 1. The second kappa shape index (κ2) is 5.07. The summed E-state index contributed by atoms with van der Waals surface area (Å²) in [6, 6.07) is 6.62. The van der Waals surface area contributed by atoms with E-state index >= 15 is 0 Å². The quantitative estimate of drug-likeness (QED) is 0.905. The van der Waals surface area contributed by atoms with E-state index in [4.69, 9.17) is 5.73 Å². The standard InChI is InChI=1S/C14H19N3OS/c1-16-12-5-4-10(7-13(12)19-14(16)18)8-17-6-2-3-11(15)9-17/h4-5,7,11H,2-3,6,8-9,15H2,1H3. The molecular formula is C14H19N3OS. The van der Waals surface area contributed by atoms with Gasteiger partial charge in [-0.3, -0.25) is 9.69 Å². The number of aromatic nitrogens is 1. The molecule has 1 atom stereocenters. The van der Waals surface area contributed by atoms with Crippen molar-refractivity contribution in [2.45, 2.75) is 25.4 Å². The summed E-state index contributed by atoms with van der Waals surface area (Å²) in [7, 11) is 1.82. The number of nitrogens with zero attached hydrogens (tertiary/aromatic N) is 2. The first-order valence-corrected chi connectivity index (χ1v) is 7.51. The Bertz CT molecular complexity index is 646. The molecule has 3 rings (SSSR count). The molecule has 1 aromatic carbocycles. The van der Waals surface area contributed by atoms with Gasteiger partial charge >= 0.3 is 4.87 Å². The molecule has 1 aliphatic heterocycles. The van der Waals surface area contributed by atoms with Gasteiger partial charge in [0.25, 0.3) is 0 Å². The molecule has 0 amide bonds. The molecular weight excluding hydrogens is 258 g/mol. The highest BCUT2D eigenvalue weighted by Crippen LogP contribution is 2.20. The van der Waals surface area contributed by atoms with Crippen LogP contribution in [0.5, 0.6) is 0 Å². The van der Waals surface area contributed by atoms with Gasteiger partial charge in [-0.25, -0.2) is 0 Å². The van der Waals surface area contributed by atoms with Gasteiger partial charge in [0.1, 0.15) is 0 Å². The third-order valence-corrected chi connectivity index (χ3v) is 4.80. The van der Waals surface area contributed by atoms with E-state index in [9.17, 15) is 4.79 Å². The molecule has 5 heteroatoms. The molecule has 2 N–H and O–H groups in total. The summed E-state index contributed by atoms with van der Waals surface area (Å²) in [4.78, 5) is 14.1. The molecule has 0 bridgehead atoms. The molecule has 1 unspecified atom stereocenters. The van der Waals surface area contributed by atoms with Crippen LogP contribution in [0.3, 0.4) is 0 Å². The molecule has 0 spiro atoms. The monoisotopic (exact) mass is 277 g/mol. The van der Waals surface area contributed by atoms with Gasteiger partial charge in [-0.2, -0.15) is 0 Å². The van der Waals surface area contributed by atoms with Crippen molar-refractivity contribution < 1.29 is 0 Å². The van der Waals surface area contributed by atoms with Crippen LogP contribution < -0.4 is 10.6 Å². The Kier molecular flexibility index (Phi) is 3.43. The highest BCUT2D eigenvalue weighted by Gasteiger charge is 2.16. The topological polar surface area (TPSA) is 51.3 Å². The third kappa shape index (κ3) is 2.59. The lowest BCUT2D eigenvalue weighted by atomic mass is 10.1. The zero-order valence-corrected chi connectivity index (χ0v) is 11.9. The molecule has 19 heavy (non-hydrogen) atoms. The first-order valence-electron chi connectivity index (χ1n) is 6.70. The summed E-state index contributed by atoms with van der Waals surface area (Å²) in [5, 5.41) is 0. The number of rotatable bonds is 2.